The Labute approximate surface area is 173 Å². The summed E-state index contributed by atoms with van der Waals surface area (Å²) in [6, 6.07) is 8.78. The first-order valence-electron chi connectivity index (χ1n) is 10.4. The molecule has 28 heavy (non-hydrogen) atoms. The molecule has 3 atom stereocenters. The zero-order valence-corrected chi connectivity index (χ0v) is 17.4. The second-order valence-corrected chi connectivity index (χ2v) is 8.88. The largest absolute Gasteiger partial charge is 0.353 e. The van der Waals surface area contributed by atoms with E-state index in [2.05, 4.69) is 36.5 Å². The first-order valence-corrected chi connectivity index (χ1v) is 10.4. The van der Waals surface area contributed by atoms with E-state index in [4.69, 9.17) is 5.73 Å². The molecule has 5 nitrogen and oxygen atoms in total. The maximum Gasteiger partial charge on any atom is 0.225 e. The number of hydrogen-bond acceptors (Lipinski definition) is 3. The highest BCUT2D eigenvalue weighted by molar-refractivity contribution is 5.89. The van der Waals surface area contributed by atoms with Gasteiger partial charge in [0.15, 0.2) is 0 Å². The minimum absolute atomic E-state index is 0. The fraction of sp³-hybridized carbons (Fsp3) is 0.636. The first-order chi connectivity index (χ1) is 13.0. The van der Waals surface area contributed by atoms with Crippen molar-refractivity contribution in [2.75, 3.05) is 6.54 Å². The molecule has 3 unspecified atom stereocenters. The van der Waals surface area contributed by atoms with E-state index in [9.17, 15) is 9.59 Å². The smallest absolute Gasteiger partial charge is 0.225 e. The third-order valence-corrected chi connectivity index (χ3v) is 6.76. The number of nitrogens with two attached hydrogens (primary N) is 1. The number of fused-ring (bicyclic) bond motifs is 2. The van der Waals surface area contributed by atoms with Gasteiger partial charge in [0, 0.05) is 31.6 Å². The molecule has 3 fully saturated rings. The number of aryl methyl sites for hydroxylation is 1. The Morgan fingerprint density at radius 1 is 1.18 bits per heavy atom. The fourth-order valence-corrected chi connectivity index (χ4v) is 5.32. The highest BCUT2D eigenvalue weighted by atomic mass is 35.5. The number of carbonyl (C=O) groups excluding carboxylic acids is 2. The SMILES string of the molecule is Cc1ccc(CN2CC(C(=O)NC3C4CCCC3CC(N)C4)CC2=O)cc1.Cl. The van der Waals surface area contributed by atoms with Crippen molar-refractivity contribution in [2.24, 2.45) is 23.5 Å². The molecule has 1 saturated heterocycles. The van der Waals surface area contributed by atoms with Crippen molar-refractivity contribution < 1.29 is 9.59 Å². The Morgan fingerprint density at radius 3 is 2.46 bits per heavy atom. The monoisotopic (exact) mass is 405 g/mol. The van der Waals surface area contributed by atoms with Crippen LogP contribution in [0.5, 0.6) is 0 Å². The number of hydrogen-bond donors (Lipinski definition) is 2. The van der Waals surface area contributed by atoms with Gasteiger partial charge in [0.2, 0.25) is 11.8 Å². The summed E-state index contributed by atoms with van der Waals surface area (Å²) in [7, 11) is 0. The quantitative estimate of drug-likeness (QED) is 0.808. The molecule has 2 saturated carbocycles. The van der Waals surface area contributed by atoms with Crippen LogP contribution in [0.3, 0.4) is 0 Å². The summed E-state index contributed by atoms with van der Waals surface area (Å²) >= 11 is 0. The van der Waals surface area contributed by atoms with Crippen LogP contribution >= 0.6 is 12.4 Å². The molecule has 0 radical (unpaired) electrons. The molecule has 3 N–H and O–H groups in total. The average molecular weight is 406 g/mol. The number of halogens is 1. The average Bonchev–Trinajstić information content (AvgIpc) is 2.98. The molecule has 1 aromatic rings. The lowest BCUT2D eigenvalue weighted by molar-refractivity contribution is -0.130. The summed E-state index contributed by atoms with van der Waals surface area (Å²) in [6.45, 7) is 3.17. The number of nitrogens with zero attached hydrogens (tertiary/aromatic N) is 1. The van der Waals surface area contributed by atoms with Crippen LogP contribution in [0.1, 0.15) is 49.7 Å². The van der Waals surface area contributed by atoms with Crippen LogP contribution in [-0.2, 0) is 16.1 Å². The van der Waals surface area contributed by atoms with Gasteiger partial charge in [0.25, 0.3) is 0 Å². The van der Waals surface area contributed by atoms with E-state index < -0.39 is 0 Å². The van der Waals surface area contributed by atoms with Crippen molar-refractivity contribution in [1.82, 2.24) is 10.2 Å². The summed E-state index contributed by atoms with van der Waals surface area (Å²) in [5.74, 6) is 0.947. The predicted octanol–water partition coefficient (Wildman–Crippen LogP) is 2.79. The Balaban J connectivity index is 0.00000225. The lowest BCUT2D eigenvalue weighted by Gasteiger charge is -2.45. The van der Waals surface area contributed by atoms with Crippen LogP contribution in [0, 0.1) is 24.7 Å². The second kappa shape index (κ2) is 8.83. The number of likely N-dealkylation sites (tertiary alicyclic amines) is 1. The number of carbonyl (C=O) groups is 2. The van der Waals surface area contributed by atoms with Gasteiger partial charge in [-0.2, -0.15) is 0 Å². The van der Waals surface area contributed by atoms with Gasteiger partial charge < -0.3 is 16.0 Å². The van der Waals surface area contributed by atoms with E-state index in [-0.39, 0.29) is 42.2 Å². The van der Waals surface area contributed by atoms with Crippen LogP contribution in [0.4, 0.5) is 0 Å². The van der Waals surface area contributed by atoms with Crippen molar-refractivity contribution in [2.45, 2.75) is 64.1 Å². The molecule has 2 bridgehead atoms. The van der Waals surface area contributed by atoms with Gasteiger partial charge in [-0.1, -0.05) is 36.2 Å². The number of nitrogens with one attached hydrogen (secondary N) is 1. The lowest BCUT2D eigenvalue weighted by atomic mass is 9.67. The van der Waals surface area contributed by atoms with Crippen molar-refractivity contribution in [3.8, 4) is 0 Å². The summed E-state index contributed by atoms with van der Waals surface area (Å²) in [5.41, 5.74) is 8.52. The molecular formula is C22H32ClN3O2. The van der Waals surface area contributed by atoms with Gasteiger partial charge in [-0.25, -0.2) is 0 Å². The molecule has 4 rings (SSSR count). The zero-order chi connectivity index (χ0) is 19.0. The highest BCUT2D eigenvalue weighted by Crippen LogP contribution is 2.40. The molecular weight excluding hydrogens is 374 g/mol. The number of benzene rings is 1. The van der Waals surface area contributed by atoms with E-state index in [0.29, 0.717) is 31.3 Å². The van der Waals surface area contributed by atoms with Crippen molar-refractivity contribution in [3.05, 3.63) is 35.4 Å². The molecule has 0 aromatic heterocycles. The Kier molecular flexibility index (Phi) is 6.66. The Morgan fingerprint density at radius 2 is 1.82 bits per heavy atom. The minimum Gasteiger partial charge on any atom is -0.353 e. The van der Waals surface area contributed by atoms with Gasteiger partial charge in [0.05, 0.1) is 5.92 Å². The molecule has 154 valence electrons. The van der Waals surface area contributed by atoms with Crippen LogP contribution in [0.25, 0.3) is 0 Å². The standard InChI is InChI=1S/C22H31N3O2.ClH/c1-14-5-7-15(8-6-14)12-25-13-18(11-20(25)26)22(27)24-21-16-3-2-4-17(21)10-19(23)9-16;/h5-8,16-19,21H,2-4,9-13,23H2,1H3,(H,24,27);1H. The summed E-state index contributed by atoms with van der Waals surface area (Å²) in [6.07, 6.45) is 5.95. The van der Waals surface area contributed by atoms with Crippen molar-refractivity contribution >= 4 is 24.2 Å². The van der Waals surface area contributed by atoms with Gasteiger partial charge in [0.1, 0.15) is 0 Å². The van der Waals surface area contributed by atoms with E-state index in [1.165, 1.54) is 12.0 Å². The topological polar surface area (TPSA) is 75.4 Å². The highest BCUT2D eigenvalue weighted by Gasteiger charge is 2.42. The van der Waals surface area contributed by atoms with Crippen LogP contribution in [0.2, 0.25) is 0 Å². The van der Waals surface area contributed by atoms with E-state index >= 15 is 0 Å². The first kappa shape index (κ1) is 21.1. The summed E-state index contributed by atoms with van der Waals surface area (Å²) in [5, 5.41) is 3.32. The molecule has 2 aliphatic carbocycles. The van der Waals surface area contributed by atoms with Gasteiger partial charge in [-0.3, -0.25) is 9.59 Å². The van der Waals surface area contributed by atoms with Crippen molar-refractivity contribution in [1.29, 1.82) is 0 Å². The summed E-state index contributed by atoms with van der Waals surface area (Å²) in [4.78, 5) is 27.1. The minimum atomic E-state index is -0.223. The number of amides is 2. The second-order valence-electron chi connectivity index (χ2n) is 8.88. The third-order valence-electron chi connectivity index (χ3n) is 6.76. The zero-order valence-electron chi connectivity index (χ0n) is 16.6. The maximum absolute atomic E-state index is 12.9. The summed E-state index contributed by atoms with van der Waals surface area (Å²) < 4.78 is 0. The molecule has 6 heteroatoms. The van der Waals surface area contributed by atoms with Gasteiger partial charge >= 0.3 is 0 Å². The molecule has 2 amide bonds. The molecule has 1 heterocycles. The molecule has 3 aliphatic rings. The van der Waals surface area contributed by atoms with Crippen LogP contribution in [0.15, 0.2) is 24.3 Å². The Bertz CT molecular complexity index is 694. The predicted molar refractivity (Wildman–Crippen MR) is 112 cm³/mol. The van der Waals surface area contributed by atoms with Gasteiger partial charge in [-0.15, -0.1) is 12.4 Å². The van der Waals surface area contributed by atoms with Crippen LogP contribution < -0.4 is 11.1 Å². The normalized spacial score (nSPS) is 32.0. The van der Waals surface area contributed by atoms with Crippen LogP contribution in [-0.4, -0.2) is 35.3 Å². The lowest BCUT2D eigenvalue weighted by Crippen LogP contribution is -2.54. The fourth-order valence-electron chi connectivity index (χ4n) is 5.32. The molecule has 1 aliphatic heterocycles. The Hall–Kier alpha value is -1.59. The maximum atomic E-state index is 12.9. The van der Waals surface area contributed by atoms with Gasteiger partial charge in [-0.05, 0) is 50.0 Å². The van der Waals surface area contributed by atoms with Crippen molar-refractivity contribution in [3.63, 3.8) is 0 Å². The van der Waals surface area contributed by atoms with E-state index in [0.717, 1.165) is 31.2 Å². The number of rotatable bonds is 4. The molecule has 1 aromatic carbocycles. The third kappa shape index (κ3) is 4.52. The molecule has 0 spiro atoms. The van der Waals surface area contributed by atoms with E-state index in [1.807, 2.05) is 4.90 Å². The van der Waals surface area contributed by atoms with E-state index in [1.54, 1.807) is 0 Å².